The van der Waals surface area contributed by atoms with Crippen LogP contribution in [0, 0.1) is 6.92 Å². The molecule has 3 atom stereocenters. The van der Waals surface area contributed by atoms with E-state index in [-0.39, 0.29) is 5.70 Å². The van der Waals surface area contributed by atoms with Crippen LogP contribution in [0.2, 0.25) is 0 Å². The van der Waals surface area contributed by atoms with Crippen molar-refractivity contribution in [2.24, 2.45) is 12.8 Å². The van der Waals surface area contributed by atoms with Gasteiger partial charge in [-0.3, -0.25) is 14.5 Å². The van der Waals surface area contributed by atoms with Crippen molar-refractivity contribution >= 4 is 58.7 Å². The molecule has 15 heteroatoms. The Bertz CT molecular complexity index is 1180. The van der Waals surface area contributed by atoms with Crippen LogP contribution in [0.15, 0.2) is 33.9 Å². The zero-order valence-corrected chi connectivity index (χ0v) is 20.5. The number of thioether (sulfide) groups is 2. The van der Waals surface area contributed by atoms with E-state index < -0.39 is 41.3 Å². The van der Waals surface area contributed by atoms with Gasteiger partial charge in [0.25, 0.3) is 5.91 Å². The second-order valence-electron chi connectivity index (χ2n) is 7.49. The normalized spacial score (nSPS) is 20.4. The lowest BCUT2D eigenvalue weighted by atomic mass is 10.0. The number of rotatable bonds is 8. The van der Waals surface area contributed by atoms with Gasteiger partial charge in [-0.25, -0.2) is 9.59 Å². The molecule has 0 aliphatic carbocycles. The number of aromatic nitrogens is 3. The number of carbonyl (C=O) groups excluding carboxylic acids is 3. The summed E-state index contributed by atoms with van der Waals surface area (Å²) >= 11 is 3.97. The molecule has 4 amide bonds. The van der Waals surface area contributed by atoms with Gasteiger partial charge < -0.3 is 26.0 Å². The number of β-lactam (4-membered cyclic amide) rings is 1. The van der Waals surface area contributed by atoms with Gasteiger partial charge in [0.2, 0.25) is 5.91 Å². The number of urea groups is 1. The molecule has 1 fully saturated rings. The number of primary amides is 1. The fourth-order valence-electron chi connectivity index (χ4n) is 3.56. The summed E-state index contributed by atoms with van der Waals surface area (Å²) in [5, 5.41) is 24.7. The van der Waals surface area contributed by atoms with E-state index in [9.17, 15) is 24.3 Å². The predicted octanol–water partition coefficient (Wildman–Crippen LogP) is 0.425. The Kier molecular flexibility index (Phi) is 6.86. The van der Waals surface area contributed by atoms with Crippen LogP contribution in [0.3, 0.4) is 0 Å². The zero-order valence-electron chi connectivity index (χ0n) is 18.0. The number of nitrogens with one attached hydrogen (secondary N) is 2. The van der Waals surface area contributed by atoms with Crippen molar-refractivity contribution < 1.29 is 24.3 Å². The molecule has 0 aromatic carbocycles. The van der Waals surface area contributed by atoms with E-state index in [0.717, 1.165) is 5.82 Å². The number of aliphatic carboxylic acids is 1. The molecule has 2 unspecified atom stereocenters. The Hall–Kier alpha value is -3.04. The highest BCUT2D eigenvalue weighted by Crippen LogP contribution is 2.41. The molecule has 180 valence electrons. The molecule has 0 radical (unpaired) electrons. The number of hydrogen-bond acceptors (Lipinski definition) is 9. The second kappa shape index (κ2) is 9.68. The van der Waals surface area contributed by atoms with E-state index >= 15 is 0 Å². The van der Waals surface area contributed by atoms with E-state index in [0.29, 0.717) is 27.1 Å². The molecule has 4 heterocycles. The fraction of sp³-hybridized carbons (Fsp3) is 0.368. The minimum atomic E-state index is -1.21. The summed E-state index contributed by atoms with van der Waals surface area (Å²) in [6.07, 6.45) is 0. The van der Waals surface area contributed by atoms with E-state index in [1.165, 1.54) is 39.8 Å². The first-order valence-electron chi connectivity index (χ1n) is 9.97. The lowest BCUT2D eigenvalue weighted by molar-refractivity contribution is -0.150. The van der Waals surface area contributed by atoms with E-state index in [1.807, 2.05) is 14.0 Å². The lowest BCUT2D eigenvalue weighted by Gasteiger charge is -2.49. The largest absolute Gasteiger partial charge is 0.477 e. The van der Waals surface area contributed by atoms with Gasteiger partial charge in [0.05, 0.1) is 0 Å². The van der Waals surface area contributed by atoms with Crippen molar-refractivity contribution in [3.63, 3.8) is 0 Å². The van der Waals surface area contributed by atoms with Crippen molar-refractivity contribution in [2.75, 3.05) is 11.5 Å². The molecule has 34 heavy (non-hydrogen) atoms. The Morgan fingerprint density at radius 2 is 2.15 bits per heavy atom. The number of nitrogens with zero attached hydrogens (tertiary/aromatic N) is 4. The number of thiophene rings is 1. The molecule has 1 saturated heterocycles. The number of carboxylic acids is 1. The number of carbonyl (C=O) groups is 4. The van der Waals surface area contributed by atoms with Crippen LogP contribution in [0.5, 0.6) is 0 Å². The topological polar surface area (TPSA) is 173 Å². The average molecular weight is 524 g/mol. The number of fused-ring (bicyclic) bond motifs is 1. The van der Waals surface area contributed by atoms with Crippen LogP contribution in [0.25, 0.3) is 0 Å². The van der Waals surface area contributed by atoms with Crippen LogP contribution in [-0.4, -0.2) is 71.5 Å². The third-order valence-electron chi connectivity index (χ3n) is 5.35. The number of carboxylic acid groups (broad SMARTS) is 1. The maximum Gasteiger partial charge on any atom is 0.352 e. The molecule has 2 aliphatic rings. The molecule has 2 aliphatic heterocycles. The van der Waals surface area contributed by atoms with Gasteiger partial charge in [-0.05, 0) is 23.9 Å². The first-order valence-corrected chi connectivity index (χ1v) is 12.9. The predicted molar refractivity (Wildman–Crippen MR) is 126 cm³/mol. The lowest BCUT2D eigenvalue weighted by Crippen LogP contribution is -2.71. The van der Waals surface area contributed by atoms with E-state index in [4.69, 9.17) is 5.73 Å². The minimum Gasteiger partial charge on any atom is -0.477 e. The summed E-state index contributed by atoms with van der Waals surface area (Å²) < 4.78 is 1.80. The Balaban J connectivity index is 1.48. The van der Waals surface area contributed by atoms with Crippen molar-refractivity contribution in [1.29, 1.82) is 0 Å². The van der Waals surface area contributed by atoms with Gasteiger partial charge >= 0.3 is 12.0 Å². The molecule has 12 nitrogen and oxygen atoms in total. The number of nitrogens with two attached hydrogens (primary N) is 1. The van der Waals surface area contributed by atoms with Crippen molar-refractivity contribution in [2.45, 2.75) is 29.5 Å². The quantitative estimate of drug-likeness (QED) is 0.283. The molecular weight excluding hydrogens is 502 g/mol. The van der Waals surface area contributed by atoms with Crippen LogP contribution < -0.4 is 16.4 Å². The third kappa shape index (κ3) is 4.50. The number of amides is 4. The maximum absolute atomic E-state index is 12.9. The van der Waals surface area contributed by atoms with Gasteiger partial charge in [0.15, 0.2) is 5.16 Å². The molecule has 5 N–H and O–H groups in total. The van der Waals surface area contributed by atoms with E-state index in [1.54, 1.807) is 22.1 Å². The van der Waals surface area contributed by atoms with Crippen LogP contribution in [0.1, 0.15) is 16.7 Å². The van der Waals surface area contributed by atoms with Gasteiger partial charge in [-0.2, -0.15) is 0 Å². The highest BCUT2D eigenvalue weighted by atomic mass is 32.2. The monoisotopic (exact) mass is 523 g/mol. The van der Waals surface area contributed by atoms with Crippen LogP contribution in [-0.2, 0) is 21.4 Å². The molecule has 0 spiro atoms. The summed E-state index contributed by atoms with van der Waals surface area (Å²) in [5.41, 5.74) is 5.72. The average Bonchev–Trinajstić information content (AvgIpc) is 3.44. The summed E-state index contributed by atoms with van der Waals surface area (Å²) in [6.45, 7) is 1.81. The fourth-order valence-corrected chi connectivity index (χ4v) is 6.77. The molecule has 0 bridgehead atoms. The van der Waals surface area contributed by atoms with E-state index in [2.05, 4.69) is 20.8 Å². The minimum absolute atomic E-state index is 0.0734. The van der Waals surface area contributed by atoms with Crippen molar-refractivity contribution in [1.82, 2.24) is 30.3 Å². The van der Waals surface area contributed by atoms with Gasteiger partial charge in [0, 0.05) is 23.4 Å². The SMILES string of the molecule is Cc1nnc(SCC2=C(C(=O)O)N3C(=O)[C@H](NC(=O)C(NC(N)=O)c4cccs4)C3SC2)n1C. The summed E-state index contributed by atoms with van der Waals surface area (Å²) in [7, 11) is 1.82. The zero-order chi connectivity index (χ0) is 24.6. The Morgan fingerprint density at radius 1 is 1.38 bits per heavy atom. The van der Waals surface area contributed by atoms with Crippen molar-refractivity contribution in [3.05, 3.63) is 39.5 Å². The highest BCUT2D eigenvalue weighted by Gasteiger charge is 2.54. The van der Waals surface area contributed by atoms with Crippen LogP contribution >= 0.6 is 34.9 Å². The van der Waals surface area contributed by atoms with Crippen molar-refractivity contribution in [3.8, 4) is 0 Å². The van der Waals surface area contributed by atoms with Gasteiger partial charge in [-0.15, -0.1) is 33.3 Å². The first kappa shape index (κ1) is 24.1. The smallest absolute Gasteiger partial charge is 0.352 e. The molecule has 4 rings (SSSR count). The van der Waals surface area contributed by atoms with Crippen LogP contribution in [0.4, 0.5) is 4.79 Å². The molecule has 2 aromatic rings. The third-order valence-corrected chi connectivity index (χ3v) is 8.74. The highest BCUT2D eigenvalue weighted by molar-refractivity contribution is 8.01. The second-order valence-corrected chi connectivity index (χ2v) is 10.5. The molecule has 2 aromatic heterocycles. The number of aryl methyl sites for hydroxylation is 1. The summed E-state index contributed by atoms with van der Waals surface area (Å²) in [5.74, 6) is -0.892. The summed E-state index contributed by atoms with van der Waals surface area (Å²) in [4.78, 5) is 51.0. The maximum atomic E-state index is 12.9. The Labute approximate surface area is 206 Å². The molecular formula is C19H21N7O5S3. The standard InChI is InChI=1S/C19H21N7O5S3/c1-8-23-24-19(25(8)2)34-7-9-6-33-16-12(15(28)26(16)13(9)17(29)30)21-14(27)11(22-18(20)31)10-4-3-5-32-10/h3-5,11-12,16H,6-7H2,1-2H3,(H,21,27)(H,29,30)(H3,20,22,31)/t11?,12-,16?/m0/s1. The summed E-state index contributed by atoms with van der Waals surface area (Å²) in [6, 6.07) is 0.549. The first-order chi connectivity index (χ1) is 16.2. The van der Waals surface area contributed by atoms with Gasteiger partial charge in [-0.1, -0.05) is 17.8 Å². The van der Waals surface area contributed by atoms with Gasteiger partial charge in [0.1, 0.15) is 29.0 Å². The molecule has 0 saturated carbocycles. The number of hydrogen-bond donors (Lipinski definition) is 4. The Morgan fingerprint density at radius 3 is 2.74 bits per heavy atom.